The van der Waals surface area contributed by atoms with Crippen molar-refractivity contribution < 1.29 is 9.53 Å². The molecule has 3 nitrogen and oxygen atoms in total. The molecule has 0 saturated heterocycles. The molecule has 1 fully saturated rings. The molecular weight excluding hydrogens is 166 g/mol. The van der Waals surface area contributed by atoms with E-state index in [9.17, 15) is 4.79 Å². The molecule has 0 aromatic carbocycles. The fraction of sp³-hybridized carbons (Fsp3) is 0.900. The van der Waals surface area contributed by atoms with Crippen LogP contribution in [0.1, 0.15) is 38.5 Å². The summed E-state index contributed by atoms with van der Waals surface area (Å²) in [6, 6.07) is 0.706. The van der Waals surface area contributed by atoms with Crippen molar-refractivity contribution in [3.05, 3.63) is 0 Å². The second-order valence-electron chi connectivity index (χ2n) is 3.62. The van der Waals surface area contributed by atoms with Gasteiger partial charge in [0.1, 0.15) is 0 Å². The lowest BCUT2D eigenvalue weighted by molar-refractivity contribution is -0.140. The first-order chi connectivity index (χ1) is 6.33. The summed E-state index contributed by atoms with van der Waals surface area (Å²) < 4.78 is 4.56. The molecule has 0 aromatic heterocycles. The zero-order valence-corrected chi connectivity index (χ0v) is 8.34. The number of rotatable bonds is 5. The van der Waals surface area contributed by atoms with Gasteiger partial charge in [0.05, 0.1) is 7.11 Å². The van der Waals surface area contributed by atoms with Crippen LogP contribution >= 0.6 is 0 Å². The normalized spacial score (nSPS) is 17.6. The molecule has 0 heterocycles. The molecule has 1 aliphatic carbocycles. The van der Waals surface area contributed by atoms with Gasteiger partial charge >= 0.3 is 5.97 Å². The predicted octanol–water partition coefficient (Wildman–Crippen LogP) is 1.47. The van der Waals surface area contributed by atoms with Crippen LogP contribution < -0.4 is 5.32 Å². The molecule has 3 heteroatoms. The quantitative estimate of drug-likeness (QED) is 0.520. The molecule has 1 saturated carbocycles. The van der Waals surface area contributed by atoms with Crippen LogP contribution in [0.4, 0.5) is 0 Å². The molecule has 0 unspecified atom stereocenters. The highest BCUT2D eigenvalue weighted by molar-refractivity contribution is 5.69. The van der Waals surface area contributed by atoms with E-state index in [0.29, 0.717) is 12.5 Å². The lowest BCUT2D eigenvalue weighted by atomic mass is 10.2. The summed E-state index contributed by atoms with van der Waals surface area (Å²) in [4.78, 5) is 10.8. The van der Waals surface area contributed by atoms with Crippen LogP contribution in [0, 0.1) is 0 Å². The Morgan fingerprint density at radius 3 is 2.77 bits per heavy atom. The average Bonchev–Trinajstić information content (AvgIpc) is 2.64. The van der Waals surface area contributed by atoms with Crippen molar-refractivity contribution in [3.63, 3.8) is 0 Å². The van der Waals surface area contributed by atoms with Gasteiger partial charge in [0.25, 0.3) is 0 Å². The molecule has 76 valence electrons. The van der Waals surface area contributed by atoms with Crippen LogP contribution in [0.25, 0.3) is 0 Å². The topological polar surface area (TPSA) is 38.3 Å². The minimum atomic E-state index is -0.103. The number of methoxy groups -OCH3 is 1. The number of hydrogen-bond donors (Lipinski definition) is 1. The van der Waals surface area contributed by atoms with Gasteiger partial charge in [0.2, 0.25) is 0 Å². The summed E-state index contributed by atoms with van der Waals surface area (Å²) in [5.41, 5.74) is 0. The monoisotopic (exact) mass is 185 g/mol. The molecule has 0 radical (unpaired) electrons. The maximum Gasteiger partial charge on any atom is 0.305 e. The number of carbonyl (C=O) groups excluding carboxylic acids is 1. The molecule has 13 heavy (non-hydrogen) atoms. The third-order valence-electron chi connectivity index (χ3n) is 2.57. The third-order valence-corrected chi connectivity index (χ3v) is 2.57. The summed E-state index contributed by atoms with van der Waals surface area (Å²) in [5, 5.41) is 3.45. The van der Waals surface area contributed by atoms with Crippen LogP contribution in [0.3, 0.4) is 0 Å². The fourth-order valence-corrected chi connectivity index (χ4v) is 1.77. The van der Waals surface area contributed by atoms with Crippen molar-refractivity contribution >= 4 is 5.97 Å². The molecule has 1 rings (SSSR count). The highest BCUT2D eigenvalue weighted by Crippen LogP contribution is 2.17. The minimum Gasteiger partial charge on any atom is -0.469 e. The van der Waals surface area contributed by atoms with Crippen molar-refractivity contribution in [3.8, 4) is 0 Å². The lowest BCUT2D eigenvalue weighted by Gasteiger charge is -2.10. The van der Waals surface area contributed by atoms with E-state index >= 15 is 0 Å². The van der Waals surface area contributed by atoms with Crippen LogP contribution in [0.15, 0.2) is 0 Å². The first-order valence-electron chi connectivity index (χ1n) is 5.13. The minimum absolute atomic E-state index is 0.103. The first-order valence-corrected chi connectivity index (χ1v) is 5.13. The number of ether oxygens (including phenoxy) is 1. The van der Waals surface area contributed by atoms with E-state index in [1.54, 1.807) is 0 Å². The van der Waals surface area contributed by atoms with Gasteiger partial charge in [-0.15, -0.1) is 0 Å². The van der Waals surface area contributed by atoms with E-state index in [1.165, 1.54) is 32.8 Å². The van der Waals surface area contributed by atoms with E-state index in [2.05, 4.69) is 10.1 Å². The average molecular weight is 185 g/mol. The van der Waals surface area contributed by atoms with Gasteiger partial charge in [-0.25, -0.2) is 0 Å². The molecule has 0 amide bonds. The van der Waals surface area contributed by atoms with E-state index < -0.39 is 0 Å². The second-order valence-corrected chi connectivity index (χ2v) is 3.62. The lowest BCUT2D eigenvalue weighted by Crippen LogP contribution is -2.27. The van der Waals surface area contributed by atoms with Gasteiger partial charge in [0.15, 0.2) is 0 Å². The Bertz CT molecular complexity index is 153. The molecule has 1 aliphatic rings. The molecular formula is C10H19NO2. The Kier molecular flexibility index (Phi) is 4.83. The SMILES string of the molecule is COC(=O)CCCNC1CCCC1. The zero-order valence-electron chi connectivity index (χ0n) is 8.34. The van der Waals surface area contributed by atoms with E-state index in [4.69, 9.17) is 0 Å². The Hall–Kier alpha value is -0.570. The van der Waals surface area contributed by atoms with Crippen molar-refractivity contribution in [2.45, 2.75) is 44.6 Å². The Morgan fingerprint density at radius 1 is 1.46 bits per heavy atom. The Morgan fingerprint density at radius 2 is 2.15 bits per heavy atom. The molecule has 0 aliphatic heterocycles. The molecule has 0 aromatic rings. The van der Waals surface area contributed by atoms with Crippen LogP contribution in [0.5, 0.6) is 0 Å². The number of hydrogen-bond acceptors (Lipinski definition) is 3. The van der Waals surface area contributed by atoms with E-state index in [-0.39, 0.29) is 5.97 Å². The Labute approximate surface area is 79.8 Å². The highest BCUT2D eigenvalue weighted by atomic mass is 16.5. The number of nitrogens with one attached hydrogen (secondary N) is 1. The van der Waals surface area contributed by atoms with Gasteiger partial charge in [-0.3, -0.25) is 4.79 Å². The van der Waals surface area contributed by atoms with Crippen molar-refractivity contribution in [1.29, 1.82) is 0 Å². The fourth-order valence-electron chi connectivity index (χ4n) is 1.77. The van der Waals surface area contributed by atoms with Gasteiger partial charge in [-0.05, 0) is 25.8 Å². The van der Waals surface area contributed by atoms with Gasteiger partial charge in [-0.1, -0.05) is 12.8 Å². The Balaban J connectivity index is 1.91. The summed E-state index contributed by atoms with van der Waals surface area (Å²) in [6.07, 6.45) is 6.75. The van der Waals surface area contributed by atoms with Gasteiger partial charge in [0, 0.05) is 12.5 Å². The highest BCUT2D eigenvalue weighted by Gasteiger charge is 2.13. The third kappa shape index (κ3) is 4.27. The summed E-state index contributed by atoms with van der Waals surface area (Å²) >= 11 is 0. The van der Waals surface area contributed by atoms with Crippen LogP contribution in [-0.4, -0.2) is 25.7 Å². The van der Waals surface area contributed by atoms with Crippen molar-refractivity contribution in [2.75, 3.05) is 13.7 Å². The maximum atomic E-state index is 10.8. The first kappa shape index (κ1) is 10.5. The summed E-state index contributed by atoms with van der Waals surface area (Å²) in [5.74, 6) is -0.103. The van der Waals surface area contributed by atoms with E-state index in [0.717, 1.165) is 13.0 Å². The zero-order chi connectivity index (χ0) is 9.52. The smallest absolute Gasteiger partial charge is 0.305 e. The largest absolute Gasteiger partial charge is 0.469 e. The van der Waals surface area contributed by atoms with Gasteiger partial charge < -0.3 is 10.1 Å². The summed E-state index contributed by atoms with van der Waals surface area (Å²) in [7, 11) is 1.44. The standard InChI is InChI=1S/C10H19NO2/c1-13-10(12)7-4-8-11-9-5-2-3-6-9/h9,11H,2-8H2,1H3. The van der Waals surface area contributed by atoms with Crippen LogP contribution in [-0.2, 0) is 9.53 Å². The molecule has 0 atom stereocenters. The molecule has 1 N–H and O–H groups in total. The summed E-state index contributed by atoms with van der Waals surface area (Å²) in [6.45, 7) is 0.944. The van der Waals surface area contributed by atoms with Gasteiger partial charge in [-0.2, -0.15) is 0 Å². The maximum absolute atomic E-state index is 10.8. The molecule has 0 bridgehead atoms. The molecule has 0 spiro atoms. The van der Waals surface area contributed by atoms with Crippen molar-refractivity contribution in [2.24, 2.45) is 0 Å². The predicted molar refractivity (Wildman–Crippen MR) is 51.5 cm³/mol. The van der Waals surface area contributed by atoms with Crippen molar-refractivity contribution in [1.82, 2.24) is 5.32 Å². The van der Waals surface area contributed by atoms with E-state index in [1.807, 2.05) is 0 Å². The number of carbonyl (C=O) groups is 1. The van der Waals surface area contributed by atoms with Crippen LogP contribution in [0.2, 0.25) is 0 Å². The second kappa shape index (κ2) is 5.97. The number of esters is 1.